The van der Waals surface area contributed by atoms with E-state index >= 15 is 0 Å². The lowest BCUT2D eigenvalue weighted by molar-refractivity contribution is 0.461. The molecular formula is C22H20F2O. The SMILES string of the molecule is C=Cc1ccccc1Oc1ccc(F)c(F)c1.Cc1ccc(C)cc1. The van der Waals surface area contributed by atoms with Crippen molar-refractivity contribution in [3.8, 4) is 11.5 Å². The van der Waals surface area contributed by atoms with Crippen molar-refractivity contribution < 1.29 is 13.5 Å². The molecule has 0 amide bonds. The predicted octanol–water partition coefficient (Wildman–Crippen LogP) is 6.70. The van der Waals surface area contributed by atoms with Gasteiger partial charge in [-0.25, -0.2) is 8.78 Å². The molecular weight excluding hydrogens is 318 g/mol. The van der Waals surface area contributed by atoms with Gasteiger partial charge in [0.1, 0.15) is 11.5 Å². The number of hydrogen-bond donors (Lipinski definition) is 0. The van der Waals surface area contributed by atoms with E-state index in [9.17, 15) is 8.78 Å². The summed E-state index contributed by atoms with van der Waals surface area (Å²) in [4.78, 5) is 0. The summed E-state index contributed by atoms with van der Waals surface area (Å²) in [6.45, 7) is 7.84. The third-order valence-corrected chi connectivity index (χ3v) is 3.48. The van der Waals surface area contributed by atoms with Gasteiger partial charge in [-0.3, -0.25) is 0 Å². The second kappa shape index (κ2) is 8.78. The first-order valence-corrected chi connectivity index (χ1v) is 7.87. The van der Waals surface area contributed by atoms with Crippen LogP contribution in [0.15, 0.2) is 73.3 Å². The van der Waals surface area contributed by atoms with Crippen molar-refractivity contribution in [3.05, 3.63) is 102 Å². The Labute approximate surface area is 147 Å². The molecule has 128 valence electrons. The summed E-state index contributed by atoms with van der Waals surface area (Å²) in [6.07, 6.45) is 1.63. The second-order valence-corrected chi connectivity index (χ2v) is 5.57. The Hall–Kier alpha value is -2.94. The van der Waals surface area contributed by atoms with E-state index in [0.717, 1.165) is 17.7 Å². The third-order valence-electron chi connectivity index (χ3n) is 3.48. The van der Waals surface area contributed by atoms with Crippen molar-refractivity contribution in [2.45, 2.75) is 13.8 Å². The Balaban J connectivity index is 0.000000236. The van der Waals surface area contributed by atoms with Crippen molar-refractivity contribution in [2.24, 2.45) is 0 Å². The zero-order chi connectivity index (χ0) is 18.2. The van der Waals surface area contributed by atoms with E-state index in [1.54, 1.807) is 18.2 Å². The van der Waals surface area contributed by atoms with Gasteiger partial charge < -0.3 is 4.74 Å². The fourth-order valence-corrected chi connectivity index (χ4v) is 2.05. The Kier molecular flexibility index (Phi) is 6.47. The fourth-order valence-electron chi connectivity index (χ4n) is 2.05. The molecule has 0 bridgehead atoms. The fraction of sp³-hybridized carbons (Fsp3) is 0.0909. The molecule has 25 heavy (non-hydrogen) atoms. The van der Waals surface area contributed by atoms with E-state index in [1.807, 2.05) is 12.1 Å². The molecule has 3 heteroatoms. The van der Waals surface area contributed by atoms with E-state index in [0.29, 0.717) is 5.75 Å². The Morgan fingerprint density at radius 3 is 1.96 bits per heavy atom. The van der Waals surface area contributed by atoms with Gasteiger partial charge in [0, 0.05) is 11.6 Å². The van der Waals surface area contributed by atoms with E-state index in [2.05, 4.69) is 44.7 Å². The van der Waals surface area contributed by atoms with Gasteiger partial charge in [0.2, 0.25) is 0 Å². The highest BCUT2D eigenvalue weighted by Crippen LogP contribution is 2.26. The van der Waals surface area contributed by atoms with Crippen LogP contribution in [0.5, 0.6) is 11.5 Å². The summed E-state index contributed by atoms with van der Waals surface area (Å²) in [5.41, 5.74) is 3.45. The van der Waals surface area contributed by atoms with E-state index < -0.39 is 11.6 Å². The molecule has 3 aromatic carbocycles. The van der Waals surface area contributed by atoms with Crippen LogP contribution in [0.3, 0.4) is 0 Å². The van der Waals surface area contributed by atoms with E-state index in [-0.39, 0.29) is 5.75 Å². The standard InChI is InChI=1S/C14H10F2O.C8H10/c1-2-10-5-3-4-6-14(10)17-11-7-8-12(15)13(16)9-11;1-7-3-5-8(2)6-4-7/h2-9H,1H2;3-6H,1-2H3. The number of aryl methyl sites for hydroxylation is 2. The molecule has 0 aliphatic heterocycles. The predicted molar refractivity (Wildman–Crippen MR) is 98.9 cm³/mol. The molecule has 0 aliphatic rings. The molecule has 0 fully saturated rings. The van der Waals surface area contributed by atoms with Crippen LogP contribution in [0.1, 0.15) is 16.7 Å². The summed E-state index contributed by atoms with van der Waals surface area (Å²) in [5, 5.41) is 0. The van der Waals surface area contributed by atoms with Gasteiger partial charge in [0.05, 0.1) is 0 Å². The minimum absolute atomic E-state index is 0.248. The van der Waals surface area contributed by atoms with Crippen molar-refractivity contribution in [1.29, 1.82) is 0 Å². The maximum Gasteiger partial charge on any atom is 0.162 e. The van der Waals surface area contributed by atoms with Crippen molar-refractivity contribution in [2.75, 3.05) is 0 Å². The lowest BCUT2D eigenvalue weighted by Crippen LogP contribution is -1.89. The zero-order valence-electron chi connectivity index (χ0n) is 14.3. The molecule has 0 aromatic heterocycles. The molecule has 3 aromatic rings. The lowest BCUT2D eigenvalue weighted by atomic mass is 10.2. The number of halogens is 2. The van der Waals surface area contributed by atoms with Gasteiger partial charge in [-0.05, 0) is 32.0 Å². The molecule has 1 nitrogen and oxygen atoms in total. The maximum absolute atomic E-state index is 13.0. The van der Waals surface area contributed by atoms with E-state index in [4.69, 9.17) is 4.74 Å². The molecule has 0 atom stereocenters. The third kappa shape index (κ3) is 5.57. The Bertz CT molecular complexity index is 818. The first-order valence-electron chi connectivity index (χ1n) is 7.87. The van der Waals surface area contributed by atoms with Crippen LogP contribution in [-0.4, -0.2) is 0 Å². The molecule has 0 radical (unpaired) electrons. The number of hydrogen-bond acceptors (Lipinski definition) is 1. The highest BCUT2D eigenvalue weighted by Gasteiger charge is 2.05. The van der Waals surface area contributed by atoms with Crippen LogP contribution in [0.4, 0.5) is 8.78 Å². The molecule has 0 N–H and O–H groups in total. The minimum Gasteiger partial charge on any atom is -0.457 e. The molecule has 0 heterocycles. The first kappa shape index (κ1) is 18.4. The van der Waals surface area contributed by atoms with Crippen molar-refractivity contribution >= 4 is 6.08 Å². The van der Waals surface area contributed by atoms with Crippen molar-refractivity contribution in [3.63, 3.8) is 0 Å². The van der Waals surface area contributed by atoms with Crippen molar-refractivity contribution in [1.82, 2.24) is 0 Å². The molecule has 0 unspecified atom stereocenters. The Morgan fingerprint density at radius 1 is 0.800 bits per heavy atom. The van der Waals surface area contributed by atoms with Crippen LogP contribution in [0, 0.1) is 25.5 Å². The van der Waals surface area contributed by atoms with E-state index in [1.165, 1.54) is 17.2 Å². The summed E-state index contributed by atoms with van der Waals surface area (Å²) < 4.78 is 31.2. The number of ether oxygens (including phenoxy) is 1. The average Bonchev–Trinajstić information content (AvgIpc) is 2.62. The van der Waals surface area contributed by atoms with Crippen LogP contribution in [0.2, 0.25) is 0 Å². The normalized spacial score (nSPS) is 9.76. The molecule has 0 saturated heterocycles. The second-order valence-electron chi connectivity index (χ2n) is 5.57. The number of rotatable bonds is 3. The zero-order valence-corrected chi connectivity index (χ0v) is 14.3. The summed E-state index contributed by atoms with van der Waals surface area (Å²) >= 11 is 0. The van der Waals surface area contributed by atoms with Gasteiger partial charge >= 0.3 is 0 Å². The minimum atomic E-state index is -0.932. The average molecular weight is 338 g/mol. The summed E-state index contributed by atoms with van der Waals surface area (Å²) in [7, 11) is 0. The largest absolute Gasteiger partial charge is 0.457 e. The number of para-hydroxylation sites is 1. The van der Waals surface area contributed by atoms with Gasteiger partial charge in [-0.15, -0.1) is 0 Å². The lowest BCUT2D eigenvalue weighted by Gasteiger charge is -2.08. The van der Waals surface area contributed by atoms with Gasteiger partial charge in [0.15, 0.2) is 11.6 Å². The molecule has 0 aliphatic carbocycles. The van der Waals surface area contributed by atoms with Crippen LogP contribution < -0.4 is 4.74 Å². The smallest absolute Gasteiger partial charge is 0.162 e. The summed E-state index contributed by atoms with van der Waals surface area (Å²) in [6, 6.07) is 19.1. The quantitative estimate of drug-likeness (QED) is 0.516. The highest BCUT2D eigenvalue weighted by molar-refractivity contribution is 5.56. The maximum atomic E-state index is 13.0. The topological polar surface area (TPSA) is 9.23 Å². The molecule has 3 rings (SSSR count). The van der Waals surface area contributed by atoms with Crippen LogP contribution in [0.25, 0.3) is 6.08 Å². The first-order chi connectivity index (χ1) is 12.0. The molecule has 0 spiro atoms. The van der Waals surface area contributed by atoms with Gasteiger partial charge in [-0.2, -0.15) is 0 Å². The van der Waals surface area contributed by atoms with Crippen LogP contribution >= 0.6 is 0 Å². The van der Waals surface area contributed by atoms with Crippen LogP contribution in [-0.2, 0) is 0 Å². The van der Waals surface area contributed by atoms with Gasteiger partial charge in [0.25, 0.3) is 0 Å². The summed E-state index contributed by atoms with van der Waals surface area (Å²) in [5.74, 6) is -1.03. The monoisotopic (exact) mass is 338 g/mol. The number of benzene rings is 3. The Morgan fingerprint density at radius 2 is 1.40 bits per heavy atom. The highest BCUT2D eigenvalue weighted by atomic mass is 19.2. The van der Waals surface area contributed by atoms with Gasteiger partial charge in [-0.1, -0.05) is 66.2 Å². The molecule has 0 saturated carbocycles.